The van der Waals surface area contributed by atoms with Gasteiger partial charge in [0, 0.05) is 19.6 Å². The van der Waals surface area contributed by atoms with E-state index in [9.17, 15) is 5.21 Å². The Morgan fingerprint density at radius 1 is 1.47 bits per heavy atom. The van der Waals surface area contributed by atoms with Gasteiger partial charge in [-0.1, -0.05) is 12.1 Å². The Labute approximate surface area is 111 Å². The molecule has 6 nitrogen and oxygen atoms in total. The summed E-state index contributed by atoms with van der Waals surface area (Å²) in [4.78, 5) is 6.58. The predicted octanol–water partition coefficient (Wildman–Crippen LogP) is 1.02. The number of morpholine rings is 1. The minimum Gasteiger partial charge on any atom is -0.425 e. The van der Waals surface area contributed by atoms with Gasteiger partial charge in [-0.05, 0) is 19.2 Å². The molecule has 3 rings (SSSR count). The smallest absolute Gasteiger partial charge is 0.237 e. The number of hydrogen-bond donors (Lipinski definition) is 2. The Balaban J connectivity index is 1.69. The Morgan fingerprint density at radius 3 is 3.11 bits per heavy atom. The Bertz CT molecular complexity index is 569. The third-order valence-corrected chi connectivity index (χ3v) is 3.37. The SMILES string of the molecule is CN1CCOC(CNc2nc3ccccc3n2O)C1. The van der Waals surface area contributed by atoms with E-state index in [0.717, 1.165) is 29.9 Å². The number of rotatable bonds is 3. The fraction of sp³-hybridized carbons (Fsp3) is 0.462. The molecule has 102 valence electrons. The molecule has 0 radical (unpaired) electrons. The molecule has 0 amide bonds. The molecule has 0 aliphatic carbocycles. The molecule has 1 aromatic heterocycles. The van der Waals surface area contributed by atoms with Crippen LogP contribution in [0.25, 0.3) is 11.0 Å². The van der Waals surface area contributed by atoms with Gasteiger partial charge in [-0.25, -0.2) is 4.98 Å². The monoisotopic (exact) mass is 262 g/mol. The first-order chi connectivity index (χ1) is 9.24. The standard InChI is InChI=1S/C13H18N4O2/c1-16-6-7-19-10(9-16)8-14-13-15-11-4-2-3-5-12(11)17(13)18/h2-5,10,18H,6-9H2,1H3,(H,14,15). The Hall–Kier alpha value is -1.79. The first-order valence-electron chi connectivity index (χ1n) is 6.45. The summed E-state index contributed by atoms with van der Waals surface area (Å²) >= 11 is 0. The van der Waals surface area contributed by atoms with Gasteiger partial charge in [0.25, 0.3) is 0 Å². The summed E-state index contributed by atoms with van der Waals surface area (Å²) < 4.78 is 6.75. The highest BCUT2D eigenvalue weighted by Gasteiger charge is 2.18. The van der Waals surface area contributed by atoms with Crippen molar-refractivity contribution in [1.82, 2.24) is 14.6 Å². The summed E-state index contributed by atoms with van der Waals surface area (Å²) in [6.45, 7) is 3.24. The van der Waals surface area contributed by atoms with Crippen molar-refractivity contribution in [2.45, 2.75) is 6.10 Å². The second-order valence-corrected chi connectivity index (χ2v) is 4.87. The van der Waals surface area contributed by atoms with Crippen LogP contribution in [0.15, 0.2) is 24.3 Å². The molecule has 2 aromatic rings. The van der Waals surface area contributed by atoms with Crippen LogP contribution in [0, 0.1) is 0 Å². The summed E-state index contributed by atoms with van der Waals surface area (Å²) in [5, 5.41) is 13.2. The number of benzene rings is 1. The van der Waals surface area contributed by atoms with Crippen molar-refractivity contribution in [3.8, 4) is 0 Å². The number of likely N-dealkylation sites (N-methyl/N-ethyl adjacent to an activating group) is 1. The van der Waals surface area contributed by atoms with Gasteiger partial charge in [0.2, 0.25) is 5.95 Å². The second kappa shape index (κ2) is 5.07. The van der Waals surface area contributed by atoms with Crippen molar-refractivity contribution < 1.29 is 9.94 Å². The number of nitrogens with one attached hydrogen (secondary N) is 1. The summed E-state index contributed by atoms with van der Waals surface area (Å²) in [5.41, 5.74) is 1.47. The molecule has 0 spiro atoms. The van der Waals surface area contributed by atoms with Gasteiger partial charge >= 0.3 is 0 Å². The third-order valence-electron chi connectivity index (χ3n) is 3.37. The predicted molar refractivity (Wildman–Crippen MR) is 72.6 cm³/mol. The van der Waals surface area contributed by atoms with E-state index in [1.807, 2.05) is 24.3 Å². The van der Waals surface area contributed by atoms with Crippen molar-refractivity contribution in [3.05, 3.63) is 24.3 Å². The summed E-state index contributed by atoms with van der Waals surface area (Å²) in [5.74, 6) is 0.457. The lowest BCUT2D eigenvalue weighted by molar-refractivity contribution is -0.0119. The van der Waals surface area contributed by atoms with Gasteiger partial charge in [0.05, 0.1) is 18.2 Å². The molecule has 1 unspecified atom stereocenters. The third kappa shape index (κ3) is 2.50. The fourth-order valence-corrected chi connectivity index (χ4v) is 2.32. The molecule has 1 aliphatic rings. The molecule has 6 heteroatoms. The second-order valence-electron chi connectivity index (χ2n) is 4.87. The first kappa shape index (κ1) is 12.3. The number of para-hydroxylation sites is 2. The van der Waals surface area contributed by atoms with Crippen LogP contribution in [0.4, 0.5) is 5.95 Å². The van der Waals surface area contributed by atoms with E-state index in [4.69, 9.17) is 4.74 Å². The van der Waals surface area contributed by atoms with E-state index in [2.05, 4.69) is 22.2 Å². The largest absolute Gasteiger partial charge is 0.425 e. The number of ether oxygens (including phenoxy) is 1. The van der Waals surface area contributed by atoms with Crippen LogP contribution in [0.1, 0.15) is 0 Å². The lowest BCUT2D eigenvalue weighted by atomic mass is 10.3. The lowest BCUT2D eigenvalue weighted by Gasteiger charge is -2.30. The minimum atomic E-state index is 0.124. The van der Waals surface area contributed by atoms with Gasteiger partial charge in [0.15, 0.2) is 0 Å². The maximum Gasteiger partial charge on any atom is 0.237 e. The summed E-state index contributed by atoms with van der Waals surface area (Å²) in [6.07, 6.45) is 0.124. The van der Waals surface area contributed by atoms with Crippen LogP contribution >= 0.6 is 0 Å². The highest BCUT2D eigenvalue weighted by molar-refractivity contribution is 5.77. The molecular weight excluding hydrogens is 244 g/mol. The number of hydrogen-bond acceptors (Lipinski definition) is 5. The molecule has 0 bridgehead atoms. The van der Waals surface area contributed by atoms with Gasteiger partial charge in [0.1, 0.15) is 5.52 Å². The topological polar surface area (TPSA) is 62.5 Å². The average molecular weight is 262 g/mol. The maximum atomic E-state index is 10.0. The zero-order valence-corrected chi connectivity index (χ0v) is 10.9. The zero-order valence-electron chi connectivity index (χ0n) is 10.9. The van der Waals surface area contributed by atoms with Crippen LogP contribution in [0.2, 0.25) is 0 Å². The highest BCUT2D eigenvalue weighted by Crippen LogP contribution is 2.17. The van der Waals surface area contributed by atoms with Gasteiger partial charge < -0.3 is 20.2 Å². The first-order valence-corrected chi connectivity index (χ1v) is 6.45. The molecule has 1 aliphatic heterocycles. The van der Waals surface area contributed by atoms with Crippen LogP contribution in [-0.2, 0) is 4.74 Å². The maximum absolute atomic E-state index is 10.0. The average Bonchev–Trinajstić information content (AvgIpc) is 2.74. The molecular formula is C13H18N4O2. The van der Waals surface area contributed by atoms with Crippen LogP contribution in [-0.4, -0.2) is 59.2 Å². The normalized spacial score (nSPS) is 20.8. The van der Waals surface area contributed by atoms with E-state index in [1.54, 1.807) is 0 Å². The van der Waals surface area contributed by atoms with Crippen molar-refractivity contribution in [2.75, 3.05) is 38.6 Å². The number of nitrogens with zero attached hydrogens (tertiary/aromatic N) is 3. The molecule has 19 heavy (non-hydrogen) atoms. The lowest BCUT2D eigenvalue weighted by Crippen LogP contribution is -2.43. The van der Waals surface area contributed by atoms with E-state index in [0.29, 0.717) is 18.0 Å². The zero-order chi connectivity index (χ0) is 13.2. The van der Waals surface area contributed by atoms with E-state index in [-0.39, 0.29) is 6.10 Å². The van der Waals surface area contributed by atoms with Crippen LogP contribution in [0.5, 0.6) is 0 Å². The summed E-state index contributed by atoms with van der Waals surface area (Å²) in [7, 11) is 2.08. The molecule has 1 atom stereocenters. The van der Waals surface area contributed by atoms with E-state index >= 15 is 0 Å². The van der Waals surface area contributed by atoms with E-state index in [1.165, 1.54) is 0 Å². The van der Waals surface area contributed by atoms with Crippen molar-refractivity contribution in [3.63, 3.8) is 0 Å². The summed E-state index contributed by atoms with van der Waals surface area (Å²) in [6, 6.07) is 7.48. The highest BCUT2D eigenvalue weighted by atomic mass is 16.5. The molecule has 1 aromatic carbocycles. The Morgan fingerprint density at radius 2 is 2.32 bits per heavy atom. The van der Waals surface area contributed by atoms with Crippen molar-refractivity contribution in [2.24, 2.45) is 0 Å². The number of anilines is 1. The molecule has 0 saturated carbocycles. The molecule has 2 N–H and O–H groups in total. The number of imidazole rings is 1. The Kier molecular flexibility index (Phi) is 3.27. The van der Waals surface area contributed by atoms with Crippen LogP contribution < -0.4 is 5.32 Å². The number of fused-ring (bicyclic) bond motifs is 1. The fourth-order valence-electron chi connectivity index (χ4n) is 2.32. The molecule has 1 fully saturated rings. The van der Waals surface area contributed by atoms with Gasteiger partial charge in [-0.2, -0.15) is 0 Å². The molecule has 1 saturated heterocycles. The number of aromatic nitrogens is 2. The van der Waals surface area contributed by atoms with E-state index < -0.39 is 0 Å². The van der Waals surface area contributed by atoms with Crippen molar-refractivity contribution >= 4 is 17.0 Å². The molecule has 2 heterocycles. The minimum absolute atomic E-state index is 0.124. The van der Waals surface area contributed by atoms with Gasteiger partial charge in [-0.15, -0.1) is 4.73 Å². The van der Waals surface area contributed by atoms with Crippen LogP contribution in [0.3, 0.4) is 0 Å². The van der Waals surface area contributed by atoms with Gasteiger partial charge in [-0.3, -0.25) is 0 Å². The van der Waals surface area contributed by atoms with Crippen molar-refractivity contribution in [1.29, 1.82) is 0 Å². The quantitative estimate of drug-likeness (QED) is 0.809.